The minimum absolute atomic E-state index is 0.0234. The Bertz CT molecular complexity index is 858. The van der Waals surface area contributed by atoms with Crippen LogP contribution in [-0.4, -0.2) is 35.5 Å². The van der Waals surface area contributed by atoms with Crippen molar-refractivity contribution in [3.05, 3.63) is 22.2 Å². The zero-order valence-corrected chi connectivity index (χ0v) is 16.2. The van der Waals surface area contributed by atoms with Crippen molar-refractivity contribution in [3.8, 4) is 11.8 Å². The van der Waals surface area contributed by atoms with E-state index < -0.39 is 10.0 Å². The number of nitrogens with one attached hydrogen (secondary N) is 1. The molecule has 2 heterocycles. The van der Waals surface area contributed by atoms with Crippen LogP contribution in [0.15, 0.2) is 11.0 Å². The monoisotopic (exact) mass is 396 g/mol. The Morgan fingerprint density at radius 3 is 2.73 bits per heavy atom. The van der Waals surface area contributed by atoms with E-state index in [0.29, 0.717) is 18.4 Å². The number of thioether (sulfide) groups is 1. The fourth-order valence-electron chi connectivity index (χ4n) is 3.33. The lowest BCUT2D eigenvalue weighted by Crippen LogP contribution is -2.35. The van der Waals surface area contributed by atoms with Gasteiger partial charge in [0.05, 0.1) is 22.7 Å². The molecule has 3 N–H and O–H groups in total. The van der Waals surface area contributed by atoms with E-state index >= 15 is 0 Å². The molecule has 2 aliphatic rings. The molecule has 1 aliphatic heterocycles. The van der Waals surface area contributed by atoms with Crippen LogP contribution in [0.1, 0.15) is 55.9 Å². The molecule has 3 rings (SSSR count). The average molecular weight is 397 g/mol. The molecule has 0 aromatic carbocycles. The van der Waals surface area contributed by atoms with E-state index in [4.69, 9.17) is 5.73 Å². The third-order valence-corrected chi connectivity index (χ3v) is 8.04. The van der Waals surface area contributed by atoms with E-state index in [2.05, 4.69) is 21.5 Å². The van der Waals surface area contributed by atoms with Crippen LogP contribution in [0.5, 0.6) is 0 Å². The van der Waals surface area contributed by atoms with Gasteiger partial charge in [0.15, 0.2) is 0 Å². The van der Waals surface area contributed by atoms with Gasteiger partial charge in [0.25, 0.3) is 0 Å². The van der Waals surface area contributed by atoms with E-state index in [9.17, 15) is 13.2 Å². The third-order valence-electron chi connectivity index (χ3n) is 4.77. The Hall–Kier alpha value is -1.50. The second-order valence-corrected chi connectivity index (χ2v) is 9.96. The van der Waals surface area contributed by atoms with Crippen LogP contribution in [0.3, 0.4) is 0 Å². The highest BCUT2D eigenvalue weighted by molar-refractivity contribution is 7.99. The molecule has 1 aromatic rings. The SMILES string of the molecule is Nc1nc(=O)n([C@H]2CCCS2)cc1C#CCNS(=O)(=O)C1CCCCC1. The highest BCUT2D eigenvalue weighted by Gasteiger charge is 2.26. The van der Waals surface area contributed by atoms with E-state index in [0.717, 1.165) is 37.9 Å². The van der Waals surface area contributed by atoms with Crippen molar-refractivity contribution in [1.29, 1.82) is 0 Å². The van der Waals surface area contributed by atoms with Crippen molar-refractivity contribution in [2.24, 2.45) is 0 Å². The fraction of sp³-hybridized carbons (Fsp3) is 0.647. The summed E-state index contributed by atoms with van der Waals surface area (Å²) in [6.45, 7) is 0.0234. The maximum absolute atomic E-state index is 12.3. The molecule has 1 saturated heterocycles. The molecule has 0 amide bonds. The molecule has 0 radical (unpaired) electrons. The first kappa shape index (κ1) is 19.3. The predicted octanol–water partition coefficient (Wildman–Crippen LogP) is 1.45. The van der Waals surface area contributed by atoms with Crippen molar-refractivity contribution in [2.75, 3.05) is 18.0 Å². The fourth-order valence-corrected chi connectivity index (χ4v) is 6.05. The zero-order chi connectivity index (χ0) is 18.6. The van der Waals surface area contributed by atoms with Crippen LogP contribution < -0.4 is 16.1 Å². The number of anilines is 1. The van der Waals surface area contributed by atoms with Gasteiger partial charge in [-0.2, -0.15) is 4.98 Å². The van der Waals surface area contributed by atoms with Crippen LogP contribution >= 0.6 is 11.8 Å². The number of nitrogen functional groups attached to an aromatic ring is 1. The average Bonchev–Trinajstić information content (AvgIpc) is 3.15. The normalized spacial score (nSPS) is 21.3. The molecule has 1 aromatic heterocycles. The largest absolute Gasteiger partial charge is 0.382 e. The molecule has 1 aliphatic carbocycles. The summed E-state index contributed by atoms with van der Waals surface area (Å²) in [6, 6.07) is 0. The first-order valence-corrected chi connectivity index (χ1v) is 11.5. The van der Waals surface area contributed by atoms with Crippen molar-refractivity contribution >= 4 is 27.6 Å². The number of sulfonamides is 1. The van der Waals surface area contributed by atoms with E-state index in [1.54, 1.807) is 22.5 Å². The lowest BCUT2D eigenvalue weighted by Gasteiger charge is -2.21. The molecular weight excluding hydrogens is 372 g/mol. The Morgan fingerprint density at radius 1 is 1.27 bits per heavy atom. The van der Waals surface area contributed by atoms with Gasteiger partial charge in [0.2, 0.25) is 10.0 Å². The summed E-state index contributed by atoms with van der Waals surface area (Å²) >= 11 is 1.71. The van der Waals surface area contributed by atoms with Gasteiger partial charge < -0.3 is 5.73 Å². The number of hydrogen-bond acceptors (Lipinski definition) is 6. The lowest BCUT2D eigenvalue weighted by molar-refractivity contribution is 0.479. The predicted molar refractivity (Wildman–Crippen MR) is 104 cm³/mol. The maximum atomic E-state index is 12.3. The highest BCUT2D eigenvalue weighted by Crippen LogP contribution is 2.34. The van der Waals surface area contributed by atoms with Crippen molar-refractivity contribution in [1.82, 2.24) is 14.3 Å². The molecule has 0 spiro atoms. The van der Waals surface area contributed by atoms with E-state index in [-0.39, 0.29) is 28.7 Å². The number of nitrogens with two attached hydrogens (primary N) is 1. The molecular formula is C17H24N4O3S2. The minimum Gasteiger partial charge on any atom is -0.382 e. The smallest absolute Gasteiger partial charge is 0.350 e. The third kappa shape index (κ3) is 4.61. The van der Waals surface area contributed by atoms with Crippen LogP contribution in [0.2, 0.25) is 0 Å². The Kier molecular flexibility index (Phi) is 6.27. The van der Waals surface area contributed by atoms with Gasteiger partial charge in [-0.15, -0.1) is 11.8 Å². The number of hydrogen-bond donors (Lipinski definition) is 2. The van der Waals surface area contributed by atoms with Crippen LogP contribution in [0.25, 0.3) is 0 Å². The van der Waals surface area contributed by atoms with Gasteiger partial charge in [-0.1, -0.05) is 31.1 Å². The van der Waals surface area contributed by atoms with Gasteiger partial charge in [0.1, 0.15) is 5.82 Å². The summed E-state index contributed by atoms with van der Waals surface area (Å²) in [7, 11) is -3.33. The lowest BCUT2D eigenvalue weighted by atomic mass is 10.0. The first-order valence-electron chi connectivity index (χ1n) is 8.95. The molecule has 7 nitrogen and oxygen atoms in total. The van der Waals surface area contributed by atoms with Crippen molar-refractivity contribution in [2.45, 2.75) is 55.6 Å². The van der Waals surface area contributed by atoms with Crippen LogP contribution in [0.4, 0.5) is 5.82 Å². The van der Waals surface area contributed by atoms with Crippen LogP contribution in [0, 0.1) is 11.8 Å². The first-order chi connectivity index (χ1) is 12.5. The number of aromatic nitrogens is 2. The van der Waals surface area contributed by atoms with Gasteiger partial charge in [0, 0.05) is 6.20 Å². The van der Waals surface area contributed by atoms with E-state index in [1.165, 1.54) is 0 Å². The molecule has 142 valence electrons. The molecule has 0 unspecified atom stereocenters. The number of nitrogens with zero attached hydrogens (tertiary/aromatic N) is 2. The molecule has 26 heavy (non-hydrogen) atoms. The standard InChI is InChI=1S/C17H24N4O3S2/c18-16-13(12-21(17(22)20-16)15-9-5-11-25-15)6-4-10-19-26(23,24)14-7-2-1-3-8-14/h12,14-15,19H,1-3,5,7-11H2,(H2,18,20,22)/t15-/m1/s1. The summed E-state index contributed by atoms with van der Waals surface area (Å²) in [5.74, 6) is 6.74. The van der Waals surface area contributed by atoms with Gasteiger partial charge in [-0.25, -0.2) is 17.9 Å². The molecule has 0 bridgehead atoms. The summed E-state index contributed by atoms with van der Waals surface area (Å²) in [6.07, 6.45) is 8.07. The molecule has 9 heteroatoms. The Balaban J connectivity index is 1.67. The van der Waals surface area contributed by atoms with Gasteiger partial charge in [-0.05, 0) is 31.4 Å². The second-order valence-electron chi connectivity index (χ2n) is 6.63. The van der Waals surface area contributed by atoms with E-state index in [1.807, 2.05) is 0 Å². The second kappa shape index (κ2) is 8.46. The number of rotatable bonds is 4. The van der Waals surface area contributed by atoms with Crippen molar-refractivity contribution < 1.29 is 8.42 Å². The van der Waals surface area contributed by atoms with Crippen LogP contribution in [-0.2, 0) is 10.0 Å². The summed E-state index contributed by atoms with van der Waals surface area (Å²) in [4.78, 5) is 15.9. The topological polar surface area (TPSA) is 107 Å². The molecule has 1 saturated carbocycles. The summed E-state index contributed by atoms with van der Waals surface area (Å²) < 4.78 is 28.7. The van der Waals surface area contributed by atoms with Gasteiger partial charge in [-0.3, -0.25) is 4.57 Å². The maximum Gasteiger partial charge on any atom is 0.350 e. The molecule has 1 atom stereocenters. The Labute approximate surface area is 158 Å². The summed E-state index contributed by atoms with van der Waals surface area (Å²) in [5.41, 5.74) is 5.88. The minimum atomic E-state index is -3.33. The van der Waals surface area contributed by atoms with Gasteiger partial charge >= 0.3 is 5.69 Å². The quantitative estimate of drug-likeness (QED) is 0.746. The Morgan fingerprint density at radius 2 is 2.04 bits per heavy atom. The highest BCUT2D eigenvalue weighted by atomic mass is 32.2. The zero-order valence-electron chi connectivity index (χ0n) is 14.6. The van der Waals surface area contributed by atoms with Crippen molar-refractivity contribution in [3.63, 3.8) is 0 Å². The molecule has 2 fully saturated rings. The summed E-state index contributed by atoms with van der Waals surface area (Å²) in [5, 5.41) is -0.243.